The van der Waals surface area contributed by atoms with Crippen molar-refractivity contribution in [3.8, 4) is 0 Å². The second-order valence-corrected chi connectivity index (χ2v) is 4.80. The minimum atomic E-state index is 0.415. The maximum atomic E-state index is 5.48. The molecule has 0 saturated carbocycles. The molecule has 0 aliphatic carbocycles. The van der Waals surface area contributed by atoms with Gasteiger partial charge in [0.2, 0.25) is 0 Å². The van der Waals surface area contributed by atoms with Crippen molar-refractivity contribution in [3.63, 3.8) is 0 Å². The molecule has 0 aromatic carbocycles. The molecule has 13 heavy (non-hydrogen) atoms. The summed E-state index contributed by atoms with van der Waals surface area (Å²) in [5, 5.41) is 0.666. The Morgan fingerprint density at radius 3 is 3.00 bits per heavy atom. The monoisotopic (exact) mass is 224 g/mol. The van der Waals surface area contributed by atoms with Gasteiger partial charge in [0.15, 0.2) is 0 Å². The first-order chi connectivity index (χ1) is 6.34. The van der Waals surface area contributed by atoms with E-state index in [-0.39, 0.29) is 0 Å². The first-order valence-electron chi connectivity index (χ1n) is 4.71. The molecule has 2 unspecified atom stereocenters. The predicted molar refractivity (Wildman–Crippen MR) is 57.8 cm³/mol. The van der Waals surface area contributed by atoms with Gasteiger partial charge < -0.3 is 9.47 Å². The third-order valence-corrected chi connectivity index (χ3v) is 3.69. The zero-order chi connectivity index (χ0) is 9.52. The van der Waals surface area contributed by atoms with Gasteiger partial charge in [-0.3, -0.25) is 0 Å². The van der Waals surface area contributed by atoms with Gasteiger partial charge in [0.25, 0.3) is 0 Å². The van der Waals surface area contributed by atoms with E-state index in [2.05, 4.69) is 6.92 Å². The summed E-state index contributed by atoms with van der Waals surface area (Å²) in [6, 6.07) is 0. The fraction of sp³-hybridized carbons (Fsp3) is 1.00. The first-order valence-corrected chi connectivity index (χ1v) is 6.30. The van der Waals surface area contributed by atoms with Gasteiger partial charge in [0.1, 0.15) is 0 Å². The number of thioether (sulfide) groups is 1. The molecule has 2 atom stereocenters. The van der Waals surface area contributed by atoms with Gasteiger partial charge in [0.05, 0.1) is 19.3 Å². The Morgan fingerprint density at radius 2 is 2.38 bits per heavy atom. The minimum absolute atomic E-state index is 0.415. The molecule has 0 radical (unpaired) electrons. The molecule has 4 heteroatoms. The van der Waals surface area contributed by atoms with E-state index in [1.54, 1.807) is 0 Å². The molecule has 0 N–H and O–H groups in total. The Kier molecular flexibility index (Phi) is 6.20. The van der Waals surface area contributed by atoms with Gasteiger partial charge in [-0.1, -0.05) is 0 Å². The quantitative estimate of drug-likeness (QED) is 0.509. The Bertz CT molecular complexity index is 135. The van der Waals surface area contributed by atoms with E-state index >= 15 is 0 Å². The van der Waals surface area contributed by atoms with Crippen molar-refractivity contribution in [1.82, 2.24) is 0 Å². The lowest BCUT2D eigenvalue weighted by atomic mass is 10.3. The van der Waals surface area contributed by atoms with Crippen LogP contribution >= 0.6 is 23.4 Å². The lowest BCUT2D eigenvalue weighted by molar-refractivity contribution is 0.127. The highest BCUT2D eigenvalue weighted by molar-refractivity contribution is 7.99. The summed E-state index contributed by atoms with van der Waals surface area (Å²) in [4.78, 5) is 0. The average Bonchev–Trinajstić information content (AvgIpc) is 2.52. The van der Waals surface area contributed by atoms with Crippen LogP contribution in [0.25, 0.3) is 0 Å². The van der Waals surface area contributed by atoms with Crippen LogP contribution in [0, 0.1) is 0 Å². The van der Waals surface area contributed by atoms with Gasteiger partial charge in [-0.05, 0) is 13.3 Å². The standard InChI is InChI=1S/C9H17ClO2S/c1-8-9(2-4-12-8)13-7-6-11-5-3-10/h8-9H,2-7H2,1H3. The van der Waals surface area contributed by atoms with E-state index in [0.717, 1.165) is 19.0 Å². The molecule has 78 valence electrons. The molecule has 2 nitrogen and oxygen atoms in total. The molecule has 0 amide bonds. The predicted octanol–water partition coefficient (Wildman–Crippen LogP) is 2.15. The van der Waals surface area contributed by atoms with E-state index in [0.29, 0.717) is 23.8 Å². The Hall–Kier alpha value is 0.560. The van der Waals surface area contributed by atoms with Crippen molar-refractivity contribution in [1.29, 1.82) is 0 Å². The van der Waals surface area contributed by atoms with Crippen LogP contribution in [0.15, 0.2) is 0 Å². The van der Waals surface area contributed by atoms with Crippen LogP contribution in [0.3, 0.4) is 0 Å². The van der Waals surface area contributed by atoms with Gasteiger partial charge >= 0.3 is 0 Å². The zero-order valence-corrected chi connectivity index (χ0v) is 9.57. The van der Waals surface area contributed by atoms with Gasteiger partial charge in [-0.2, -0.15) is 11.8 Å². The molecule has 1 rings (SSSR count). The van der Waals surface area contributed by atoms with E-state index in [1.165, 1.54) is 6.42 Å². The fourth-order valence-corrected chi connectivity index (χ4v) is 2.58. The molecule has 0 aromatic heterocycles. The highest BCUT2D eigenvalue weighted by Crippen LogP contribution is 2.25. The number of hydrogen-bond acceptors (Lipinski definition) is 3. The normalized spacial score (nSPS) is 28.2. The first kappa shape index (κ1) is 11.6. The van der Waals surface area contributed by atoms with Crippen LogP contribution < -0.4 is 0 Å². The number of alkyl halides is 1. The molecule has 1 aliphatic rings. The third-order valence-electron chi connectivity index (χ3n) is 2.09. The highest BCUT2D eigenvalue weighted by atomic mass is 35.5. The van der Waals surface area contributed by atoms with Crippen LogP contribution in [-0.4, -0.2) is 42.8 Å². The van der Waals surface area contributed by atoms with Crippen molar-refractivity contribution >= 4 is 23.4 Å². The molecule has 1 saturated heterocycles. The largest absolute Gasteiger partial charge is 0.379 e. The average molecular weight is 225 g/mol. The minimum Gasteiger partial charge on any atom is -0.379 e. The van der Waals surface area contributed by atoms with Crippen LogP contribution in [0.1, 0.15) is 13.3 Å². The fourth-order valence-electron chi connectivity index (χ4n) is 1.35. The van der Waals surface area contributed by atoms with Gasteiger partial charge in [-0.15, -0.1) is 11.6 Å². The number of halogens is 1. The lowest BCUT2D eigenvalue weighted by Gasteiger charge is -2.12. The third kappa shape index (κ3) is 4.54. The van der Waals surface area contributed by atoms with Crippen molar-refractivity contribution in [2.24, 2.45) is 0 Å². The lowest BCUT2D eigenvalue weighted by Crippen LogP contribution is -2.15. The summed E-state index contributed by atoms with van der Waals surface area (Å²) < 4.78 is 10.7. The molecule has 1 heterocycles. The van der Waals surface area contributed by atoms with E-state index in [9.17, 15) is 0 Å². The summed E-state index contributed by atoms with van der Waals surface area (Å²) in [5.74, 6) is 1.64. The number of hydrogen-bond donors (Lipinski definition) is 0. The second-order valence-electron chi connectivity index (χ2n) is 3.08. The summed E-state index contributed by atoms with van der Waals surface area (Å²) >= 11 is 7.43. The second kappa shape index (κ2) is 6.93. The Labute approximate surface area is 89.3 Å². The van der Waals surface area contributed by atoms with Crippen LogP contribution in [0.4, 0.5) is 0 Å². The van der Waals surface area contributed by atoms with Crippen LogP contribution in [-0.2, 0) is 9.47 Å². The molecule has 1 aliphatic heterocycles. The zero-order valence-electron chi connectivity index (χ0n) is 8.00. The van der Waals surface area contributed by atoms with Crippen molar-refractivity contribution < 1.29 is 9.47 Å². The topological polar surface area (TPSA) is 18.5 Å². The SMILES string of the molecule is CC1OCCC1SCCOCCCl. The Balaban J connectivity index is 1.93. The van der Waals surface area contributed by atoms with Gasteiger partial charge in [0, 0.05) is 23.5 Å². The van der Waals surface area contributed by atoms with E-state index in [1.807, 2.05) is 11.8 Å². The van der Waals surface area contributed by atoms with Crippen molar-refractivity contribution in [3.05, 3.63) is 0 Å². The van der Waals surface area contributed by atoms with Crippen LogP contribution in [0.2, 0.25) is 0 Å². The smallest absolute Gasteiger partial charge is 0.0666 e. The molecule has 1 fully saturated rings. The van der Waals surface area contributed by atoms with E-state index in [4.69, 9.17) is 21.1 Å². The molecule has 0 aromatic rings. The Morgan fingerprint density at radius 1 is 1.54 bits per heavy atom. The van der Waals surface area contributed by atoms with E-state index < -0.39 is 0 Å². The van der Waals surface area contributed by atoms with Gasteiger partial charge in [-0.25, -0.2) is 0 Å². The van der Waals surface area contributed by atoms with Crippen molar-refractivity contribution in [2.45, 2.75) is 24.7 Å². The maximum Gasteiger partial charge on any atom is 0.0666 e. The molecular weight excluding hydrogens is 208 g/mol. The molecule has 0 bridgehead atoms. The number of ether oxygens (including phenoxy) is 2. The van der Waals surface area contributed by atoms with Crippen LogP contribution in [0.5, 0.6) is 0 Å². The summed E-state index contributed by atoms with van der Waals surface area (Å²) in [6.45, 7) is 4.53. The summed E-state index contributed by atoms with van der Waals surface area (Å²) in [6.07, 6.45) is 1.60. The maximum absolute atomic E-state index is 5.48. The van der Waals surface area contributed by atoms with Crippen molar-refractivity contribution in [2.75, 3.05) is 31.5 Å². The number of rotatable bonds is 6. The summed E-state index contributed by atoms with van der Waals surface area (Å²) in [5.41, 5.74) is 0. The summed E-state index contributed by atoms with van der Waals surface area (Å²) in [7, 11) is 0. The molecule has 0 spiro atoms. The molecular formula is C9H17ClO2S. The highest BCUT2D eigenvalue weighted by Gasteiger charge is 2.23.